The molecule has 1 aliphatic rings. The van der Waals surface area contributed by atoms with Crippen LogP contribution in [0.2, 0.25) is 0 Å². The number of aromatic hydroxyl groups is 1. The van der Waals surface area contributed by atoms with Crippen LogP contribution in [0, 0.1) is 10.1 Å². The van der Waals surface area contributed by atoms with E-state index in [1.807, 2.05) is 0 Å². The van der Waals surface area contributed by atoms with Gasteiger partial charge in [-0.05, 0) is 18.2 Å². The Hall–Kier alpha value is -3.22. The predicted octanol–water partition coefficient (Wildman–Crippen LogP) is 2.76. The number of non-ortho nitro benzene ring substituents is 1. The van der Waals surface area contributed by atoms with Crippen LogP contribution in [0.4, 0.5) is 17.1 Å². The Bertz CT molecular complexity index is 814. The van der Waals surface area contributed by atoms with Crippen LogP contribution < -0.4 is 5.32 Å². The Morgan fingerprint density at radius 2 is 2.00 bits per heavy atom. The Balaban J connectivity index is 2.12. The lowest BCUT2D eigenvalue weighted by atomic mass is 10.1. The lowest BCUT2D eigenvalue weighted by Gasteiger charge is -2.05. The van der Waals surface area contributed by atoms with Crippen LogP contribution in [0.15, 0.2) is 47.5 Å². The average Bonchev–Trinajstić information content (AvgIpc) is 2.64. The van der Waals surface area contributed by atoms with E-state index < -0.39 is 4.92 Å². The molecule has 0 saturated carbocycles. The van der Waals surface area contributed by atoms with E-state index >= 15 is 0 Å². The minimum atomic E-state index is -0.537. The number of phenolic OH excluding ortho intramolecular Hbond substituents is 1. The maximum Gasteiger partial charge on any atom is 0.271 e. The van der Waals surface area contributed by atoms with Gasteiger partial charge in [-0.15, -0.1) is 0 Å². The topological polar surface area (TPSA) is 105 Å². The summed E-state index contributed by atoms with van der Waals surface area (Å²) in [5.74, 6) is -0.319. The number of carbonyl (C=O) groups excluding carboxylic acids is 1. The number of para-hydroxylation sites is 1. The number of anilines is 1. The number of rotatable bonds is 2. The summed E-state index contributed by atoms with van der Waals surface area (Å²) in [6, 6.07) is 10.6. The lowest BCUT2D eigenvalue weighted by Crippen LogP contribution is -2.15. The fourth-order valence-electron chi connectivity index (χ4n) is 2.24. The molecule has 1 aliphatic heterocycles. The zero-order valence-corrected chi connectivity index (χ0v) is 11.3. The van der Waals surface area contributed by atoms with Gasteiger partial charge in [-0.3, -0.25) is 14.9 Å². The molecule has 1 heterocycles. The number of hydrogen-bond donors (Lipinski definition) is 2. The number of nitro benzene ring substituents is 1. The Morgan fingerprint density at radius 1 is 1.23 bits per heavy atom. The molecule has 0 radical (unpaired) electrons. The van der Waals surface area contributed by atoms with E-state index in [2.05, 4.69) is 10.3 Å². The van der Waals surface area contributed by atoms with E-state index in [9.17, 15) is 20.0 Å². The fourth-order valence-corrected chi connectivity index (χ4v) is 2.24. The molecule has 0 unspecified atom stereocenters. The van der Waals surface area contributed by atoms with E-state index in [1.54, 1.807) is 18.2 Å². The molecule has 22 heavy (non-hydrogen) atoms. The second-order valence-electron chi connectivity index (χ2n) is 4.76. The van der Waals surface area contributed by atoms with Crippen molar-refractivity contribution in [1.29, 1.82) is 0 Å². The fraction of sp³-hybridized carbons (Fsp3) is 0.0667. The van der Waals surface area contributed by atoms with E-state index in [-0.39, 0.29) is 29.5 Å². The lowest BCUT2D eigenvalue weighted by molar-refractivity contribution is -0.384. The number of phenols is 1. The highest BCUT2D eigenvalue weighted by Gasteiger charge is 2.20. The number of aliphatic imine (C=N–C) groups is 1. The molecule has 110 valence electrons. The number of carbonyl (C=O) groups is 1. The summed E-state index contributed by atoms with van der Waals surface area (Å²) >= 11 is 0. The molecule has 0 atom stereocenters. The first-order valence-corrected chi connectivity index (χ1v) is 6.49. The number of nitro groups is 1. The zero-order valence-electron chi connectivity index (χ0n) is 11.3. The summed E-state index contributed by atoms with van der Waals surface area (Å²) in [6.07, 6.45) is -0.0277. The van der Waals surface area contributed by atoms with Crippen LogP contribution in [-0.2, 0) is 4.79 Å². The first kappa shape index (κ1) is 13.7. The van der Waals surface area contributed by atoms with Gasteiger partial charge in [-0.2, -0.15) is 0 Å². The second kappa shape index (κ2) is 5.28. The van der Waals surface area contributed by atoms with Crippen molar-refractivity contribution in [2.45, 2.75) is 6.42 Å². The molecule has 0 saturated heterocycles. The van der Waals surface area contributed by atoms with Crippen LogP contribution in [0.25, 0.3) is 0 Å². The molecule has 2 aromatic rings. The second-order valence-corrected chi connectivity index (χ2v) is 4.76. The van der Waals surface area contributed by atoms with Gasteiger partial charge in [0.25, 0.3) is 5.69 Å². The number of nitrogens with one attached hydrogen (secondary N) is 1. The molecule has 7 nitrogen and oxygen atoms in total. The summed E-state index contributed by atoms with van der Waals surface area (Å²) < 4.78 is 0. The third-order valence-electron chi connectivity index (χ3n) is 3.26. The van der Waals surface area contributed by atoms with Crippen LogP contribution in [0.5, 0.6) is 5.75 Å². The normalized spacial score (nSPS) is 13.6. The van der Waals surface area contributed by atoms with Gasteiger partial charge in [-0.1, -0.05) is 12.1 Å². The molecular formula is C15H11N3O4. The highest BCUT2D eigenvalue weighted by molar-refractivity contribution is 6.17. The van der Waals surface area contributed by atoms with Crippen molar-refractivity contribution >= 4 is 28.7 Å². The Morgan fingerprint density at radius 3 is 2.73 bits per heavy atom. The third-order valence-corrected chi connectivity index (χ3v) is 3.26. The largest absolute Gasteiger partial charge is 0.507 e. The van der Waals surface area contributed by atoms with Crippen molar-refractivity contribution in [3.63, 3.8) is 0 Å². The highest BCUT2D eigenvalue weighted by atomic mass is 16.6. The Kier molecular flexibility index (Phi) is 3.30. The van der Waals surface area contributed by atoms with Crippen LogP contribution in [-0.4, -0.2) is 21.6 Å². The average molecular weight is 297 g/mol. The van der Waals surface area contributed by atoms with Gasteiger partial charge in [0, 0.05) is 17.7 Å². The standard InChI is InChI=1S/C15H11N3O4/c19-14-4-2-1-3-10(14)12-8-15(20)17-13-7-9(18(21)22)5-6-11(13)16-12/h1-7,19H,8H2,(H,17,20). The molecule has 0 spiro atoms. The number of amides is 1. The first-order chi connectivity index (χ1) is 10.5. The molecule has 0 aromatic heterocycles. The number of fused-ring (bicyclic) bond motifs is 1. The molecule has 0 aliphatic carbocycles. The zero-order chi connectivity index (χ0) is 15.7. The molecule has 0 fully saturated rings. The van der Waals surface area contributed by atoms with E-state index in [4.69, 9.17) is 0 Å². The van der Waals surface area contributed by atoms with Crippen LogP contribution in [0.3, 0.4) is 0 Å². The van der Waals surface area contributed by atoms with Gasteiger partial charge in [0.15, 0.2) is 0 Å². The van der Waals surface area contributed by atoms with Crippen molar-refractivity contribution in [3.05, 3.63) is 58.1 Å². The van der Waals surface area contributed by atoms with Gasteiger partial charge < -0.3 is 10.4 Å². The Labute approximate surface area is 125 Å². The molecular weight excluding hydrogens is 286 g/mol. The minimum Gasteiger partial charge on any atom is -0.507 e. The van der Waals surface area contributed by atoms with Crippen molar-refractivity contribution in [3.8, 4) is 5.75 Å². The maximum atomic E-state index is 12.0. The van der Waals surface area contributed by atoms with Crippen molar-refractivity contribution in [2.75, 3.05) is 5.32 Å². The smallest absolute Gasteiger partial charge is 0.271 e. The summed E-state index contributed by atoms with van der Waals surface area (Å²) in [6.45, 7) is 0. The first-order valence-electron chi connectivity index (χ1n) is 6.49. The van der Waals surface area contributed by atoms with Crippen molar-refractivity contribution in [1.82, 2.24) is 0 Å². The summed E-state index contributed by atoms with van der Waals surface area (Å²) in [5, 5.41) is 23.3. The molecule has 7 heteroatoms. The van der Waals surface area contributed by atoms with E-state index in [1.165, 1.54) is 24.3 Å². The SMILES string of the molecule is O=C1CC(c2ccccc2O)=Nc2ccc([N+](=O)[O-])cc2N1. The van der Waals surface area contributed by atoms with Gasteiger partial charge in [0.2, 0.25) is 5.91 Å². The number of benzene rings is 2. The van der Waals surface area contributed by atoms with E-state index in [0.717, 1.165) is 0 Å². The van der Waals surface area contributed by atoms with Gasteiger partial charge in [-0.25, -0.2) is 4.99 Å². The van der Waals surface area contributed by atoms with E-state index in [0.29, 0.717) is 17.0 Å². The molecule has 3 rings (SSSR count). The monoisotopic (exact) mass is 297 g/mol. The van der Waals surface area contributed by atoms with Crippen LogP contribution >= 0.6 is 0 Å². The summed E-state index contributed by atoms with van der Waals surface area (Å²) in [7, 11) is 0. The quantitative estimate of drug-likeness (QED) is 0.656. The molecule has 0 bridgehead atoms. The molecule has 2 N–H and O–H groups in total. The summed E-state index contributed by atoms with van der Waals surface area (Å²) in [5.41, 5.74) is 1.44. The maximum absolute atomic E-state index is 12.0. The number of nitrogens with zero attached hydrogens (tertiary/aromatic N) is 2. The summed E-state index contributed by atoms with van der Waals surface area (Å²) in [4.78, 5) is 26.6. The van der Waals surface area contributed by atoms with Crippen LogP contribution in [0.1, 0.15) is 12.0 Å². The molecule has 1 amide bonds. The van der Waals surface area contributed by atoms with Crippen molar-refractivity contribution in [2.24, 2.45) is 4.99 Å². The number of hydrogen-bond acceptors (Lipinski definition) is 5. The van der Waals surface area contributed by atoms with Gasteiger partial charge in [0.05, 0.1) is 28.4 Å². The molecule has 2 aromatic carbocycles. The minimum absolute atomic E-state index is 0.0272. The predicted molar refractivity (Wildman–Crippen MR) is 80.6 cm³/mol. The van der Waals surface area contributed by atoms with Crippen molar-refractivity contribution < 1.29 is 14.8 Å². The van der Waals surface area contributed by atoms with Gasteiger partial charge >= 0.3 is 0 Å². The third kappa shape index (κ3) is 2.51. The highest BCUT2D eigenvalue weighted by Crippen LogP contribution is 2.33. The van der Waals surface area contributed by atoms with Gasteiger partial charge in [0.1, 0.15) is 5.75 Å².